The lowest BCUT2D eigenvalue weighted by molar-refractivity contribution is -0.129. The highest BCUT2D eigenvalue weighted by Gasteiger charge is 2.34. The van der Waals surface area contributed by atoms with Gasteiger partial charge >= 0.3 is 0 Å². The Kier molecular flexibility index (Phi) is 4.30. The van der Waals surface area contributed by atoms with Gasteiger partial charge in [0, 0.05) is 43.7 Å². The zero-order chi connectivity index (χ0) is 17.9. The van der Waals surface area contributed by atoms with E-state index in [-0.39, 0.29) is 24.2 Å². The van der Waals surface area contributed by atoms with Crippen molar-refractivity contribution in [2.45, 2.75) is 19.5 Å². The first kappa shape index (κ1) is 16.2. The van der Waals surface area contributed by atoms with Crippen LogP contribution in [0.5, 0.6) is 0 Å². The summed E-state index contributed by atoms with van der Waals surface area (Å²) >= 11 is 0. The lowest BCUT2D eigenvalue weighted by Gasteiger charge is -2.16. The molecule has 132 valence electrons. The van der Waals surface area contributed by atoms with Gasteiger partial charge in [0.1, 0.15) is 0 Å². The first-order valence-electron chi connectivity index (χ1n) is 8.43. The van der Waals surface area contributed by atoms with Gasteiger partial charge in [0.15, 0.2) is 5.65 Å². The summed E-state index contributed by atoms with van der Waals surface area (Å²) in [7, 11) is 0. The van der Waals surface area contributed by atoms with Crippen molar-refractivity contribution in [3.8, 4) is 0 Å². The van der Waals surface area contributed by atoms with Crippen LogP contribution in [-0.2, 0) is 22.7 Å². The Morgan fingerprint density at radius 3 is 2.96 bits per heavy atom. The van der Waals surface area contributed by atoms with Crippen molar-refractivity contribution in [1.82, 2.24) is 29.8 Å². The van der Waals surface area contributed by atoms with E-state index in [1.807, 2.05) is 18.2 Å². The van der Waals surface area contributed by atoms with E-state index < -0.39 is 0 Å². The number of hydrogen-bond donors (Lipinski definition) is 1. The average Bonchev–Trinajstić information content (AvgIpc) is 3.24. The number of aromatic nitrogens is 4. The number of carbonyl (C=O) groups excluding carboxylic acids is 2. The summed E-state index contributed by atoms with van der Waals surface area (Å²) in [6, 6.07) is 7.39. The standard InChI is InChI=1S/C18H18N6O2/c25-16-8-13(11-23(16)12-15-4-1-2-5-19-15)18(26)21-9-14-10-22-24-7-3-6-20-17(14)24/h1-7,10,13H,8-9,11-12H2,(H,21,26)/t13-/m1/s1. The van der Waals surface area contributed by atoms with Crippen LogP contribution < -0.4 is 5.32 Å². The van der Waals surface area contributed by atoms with Gasteiger partial charge in [-0.05, 0) is 18.2 Å². The molecule has 1 N–H and O–H groups in total. The summed E-state index contributed by atoms with van der Waals surface area (Å²) in [5, 5.41) is 7.10. The van der Waals surface area contributed by atoms with Crippen LogP contribution in [0.3, 0.4) is 0 Å². The van der Waals surface area contributed by atoms with E-state index in [1.165, 1.54) is 0 Å². The van der Waals surface area contributed by atoms with E-state index in [0.29, 0.717) is 25.3 Å². The van der Waals surface area contributed by atoms with Gasteiger partial charge in [0.05, 0.1) is 24.4 Å². The first-order valence-corrected chi connectivity index (χ1v) is 8.43. The maximum atomic E-state index is 12.5. The number of hydrogen-bond acceptors (Lipinski definition) is 5. The molecule has 4 rings (SSSR count). The second-order valence-corrected chi connectivity index (χ2v) is 6.27. The van der Waals surface area contributed by atoms with Crippen molar-refractivity contribution in [3.05, 3.63) is 60.3 Å². The number of nitrogens with zero attached hydrogens (tertiary/aromatic N) is 5. The van der Waals surface area contributed by atoms with E-state index in [4.69, 9.17) is 0 Å². The molecule has 1 atom stereocenters. The molecule has 0 aliphatic carbocycles. The molecule has 2 amide bonds. The monoisotopic (exact) mass is 350 g/mol. The molecule has 1 fully saturated rings. The summed E-state index contributed by atoms with van der Waals surface area (Å²) in [6.45, 7) is 1.18. The number of rotatable bonds is 5. The predicted octanol–water partition coefficient (Wildman–Crippen LogP) is 0.789. The van der Waals surface area contributed by atoms with E-state index in [1.54, 1.807) is 40.3 Å². The molecule has 0 spiro atoms. The Bertz CT molecular complexity index is 939. The summed E-state index contributed by atoms with van der Waals surface area (Å²) in [5.74, 6) is -0.494. The van der Waals surface area contributed by atoms with E-state index in [0.717, 1.165) is 11.3 Å². The van der Waals surface area contributed by atoms with Crippen molar-refractivity contribution in [2.24, 2.45) is 5.92 Å². The molecule has 0 aromatic carbocycles. The van der Waals surface area contributed by atoms with E-state index >= 15 is 0 Å². The Morgan fingerprint density at radius 2 is 2.12 bits per heavy atom. The van der Waals surface area contributed by atoms with Gasteiger partial charge in [-0.3, -0.25) is 14.6 Å². The fourth-order valence-electron chi connectivity index (χ4n) is 3.12. The Hall–Kier alpha value is -3.29. The maximum Gasteiger partial charge on any atom is 0.225 e. The molecule has 0 bridgehead atoms. The molecule has 0 unspecified atom stereocenters. The number of likely N-dealkylation sites (tertiary alicyclic amines) is 1. The van der Waals surface area contributed by atoms with Crippen LogP contribution in [0, 0.1) is 5.92 Å². The molecular weight excluding hydrogens is 332 g/mol. The lowest BCUT2D eigenvalue weighted by Crippen LogP contribution is -2.32. The third kappa shape index (κ3) is 3.26. The van der Waals surface area contributed by atoms with Crippen molar-refractivity contribution in [2.75, 3.05) is 6.54 Å². The van der Waals surface area contributed by atoms with E-state index in [9.17, 15) is 9.59 Å². The van der Waals surface area contributed by atoms with Crippen molar-refractivity contribution in [1.29, 1.82) is 0 Å². The molecule has 26 heavy (non-hydrogen) atoms. The zero-order valence-electron chi connectivity index (χ0n) is 14.1. The SMILES string of the molecule is O=C(NCc1cnn2cccnc12)[C@@H]1CC(=O)N(Cc2ccccn2)C1. The van der Waals surface area contributed by atoms with Gasteiger partial charge < -0.3 is 10.2 Å². The second kappa shape index (κ2) is 6.91. The van der Waals surface area contributed by atoms with E-state index in [2.05, 4.69) is 20.4 Å². The highest BCUT2D eigenvalue weighted by molar-refractivity contribution is 5.89. The zero-order valence-corrected chi connectivity index (χ0v) is 14.1. The van der Waals surface area contributed by atoms with Crippen molar-refractivity contribution in [3.63, 3.8) is 0 Å². The molecule has 4 heterocycles. The molecule has 8 heteroatoms. The normalized spacial score (nSPS) is 17.0. The second-order valence-electron chi connectivity index (χ2n) is 6.27. The van der Waals surface area contributed by atoms with Gasteiger partial charge in [-0.2, -0.15) is 5.10 Å². The van der Waals surface area contributed by atoms with Gasteiger partial charge in [-0.15, -0.1) is 0 Å². The fraction of sp³-hybridized carbons (Fsp3) is 0.278. The summed E-state index contributed by atoms with van der Waals surface area (Å²) < 4.78 is 1.66. The number of carbonyl (C=O) groups is 2. The number of pyridine rings is 1. The molecule has 1 saturated heterocycles. The minimum Gasteiger partial charge on any atom is -0.352 e. The molecule has 0 radical (unpaired) electrons. The van der Waals surface area contributed by atoms with Crippen molar-refractivity contribution < 1.29 is 9.59 Å². The summed E-state index contributed by atoms with van der Waals surface area (Å²) in [4.78, 5) is 34.8. The quantitative estimate of drug-likeness (QED) is 0.734. The van der Waals surface area contributed by atoms with Gasteiger partial charge in [-0.25, -0.2) is 9.50 Å². The van der Waals surface area contributed by atoms with Crippen LogP contribution in [0.1, 0.15) is 17.7 Å². The predicted molar refractivity (Wildman–Crippen MR) is 92.6 cm³/mol. The topological polar surface area (TPSA) is 92.5 Å². The minimum absolute atomic E-state index is 0.0200. The smallest absolute Gasteiger partial charge is 0.225 e. The van der Waals surface area contributed by atoms with Gasteiger partial charge in [0.25, 0.3) is 0 Å². The van der Waals surface area contributed by atoms with Crippen LogP contribution in [0.2, 0.25) is 0 Å². The average molecular weight is 350 g/mol. The molecule has 1 aliphatic rings. The third-order valence-corrected chi connectivity index (χ3v) is 4.47. The first-order chi connectivity index (χ1) is 12.7. The molecule has 8 nitrogen and oxygen atoms in total. The van der Waals surface area contributed by atoms with Crippen LogP contribution in [-0.4, -0.2) is 42.8 Å². The molecule has 1 aliphatic heterocycles. The molecule has 3 aromatic heterocycles. The van der Waals surface area contributed by atoms with Crippen LogP contribution in [0.25, 0.3) is 5.65 Å². The Labute approximate surface area is 149 Å². The number of nitrogens with one attached hydrogen (secondary N) is 1. The van der Waals surface area contributed by atoms with Gasteiger partial charge in [0.2, 0.25) is 11.8 Å². The fourth-order valence-corrected chi connectivity index (χ4v) is 3.12. The van der Waals surface area contributed by atoms with Crippen LogP contribution in [0.4, 0.5) is 0 Å². The van der Waals surface area contributed by atoms with Crippen molar-refractivity contribution >= 4 is 17.5 Å². The summed E-state index contributed by atoms with van der Waals surface area (Å²) in [5.41, 5.74) is 2.38. The molecule has 3 aromatic rings. The molecule has 0 saturated carbocycles. The highest BCUT2D eigenvalue weighted by Crippen LogP contribution is 2.20. The number of fused-ring (bicyclic) bond motifs is 1. The van der Waals surface area contributed by atoms with Crippen LogP contribution >= 0.6 is 0 Å². The Morgan fingerprint density at radius 1 is 1.23 bits per heavy atom. The third-order valence-electron chi connectivity index (χ3n) is 4.47. The lowest BCUT2D eigenvalue weighted by atomic mass is 10.1. The van der Waals surface area contributed by atoms with Crippen LogP contribution in [0.15, 0.2) is 49.1 Å². The maximum absolute atomic E-state index is 12.5. The molecular formula is C18H18N6O2. The largest absolute Gasteiger partial charge is 0.352 e. The Balaban J connectivity index is 1.36. The summed E-state index contributed by atoms with van der Waals surface area (Å²) in [6.07, 6.45) is 7.11. The number of amides is 2. The minimum atomic E-state index is -0.346. The highest BCUT2D eigenvalue weighted by atomic mass is 16.2. The van der Waals surface area contributed by atoms with Gasteiger partial charge in [-0.1, -0.05) is 6.07 Å².